The summed E-state index contributed by atoms with van der Waals surface area (Å²) >= 11 is 0. The number of nitrogens with zero attached hydrogens (tertiary/aromatic N) is 3. The number of hydrogen-bond donors (Lipinski definition) is 1. The molecule has 3 heterocycles. The lowest BCUT2D eigenvalue weighted by atomic mass is 10.2. The SMILES string of the molecule is O=c1cc(O)ccn1-c1ccc2nc(OCCN3CCCC3)ccc2c1. The predicted molar refractivity (Wildman–Crippen MR) is 100 cm³/mol. The number of benzene rings is 1. The summed E-state index contributed by atoms with van der Waals surface area (Å²) in [5.41, 5.74) is 1.27. The highest BCUT2D eigenvalue weighted by Crippen LogP contribution is 2.20. The van der Waals surface area contributed by atoms with Gasteiger partial charge in [-0.05, 0) is 56.3 Å². The molecule has 0 atom stereocenters. The van der Waals surface area contributed by atoms with E-state index in [0.717, 1.165) is 36.2 Å². The first-order valence-electron chi connectivity index (χ1n) is 8.87. The Morgan fingerprint density at radius 1 is 1.08 bits per heavy atom. The molecule has 0 aliphatic carbocycles. The molecule has 0 amide bonds. The molecule has 26 heavy (non-hydrogen) atoms. The lowest BCUT2D eigenvalue weighted by molar-refractivity contribution is 0.232. The molecule has 0 spiro atoms. The Hall–Kier alpha value is -2.86. The summed E-state index contributed by atoms with van der Waals surface area (Å²) in [5.74, 6) is 0.579. The van der Waals surface area contributed by atoms with Crippen molar-refractivity contribution in [3.8, 4) is 17.3 Å². The third-order valence-corrected chi connectivity index (χ3v) is 4.68. The number of aromatic nitrogens is 2. The van der Waals surface area contributed by atoms with Crippen molar-refractivity contribution in [2.75, 3.05) is 26.2 Å². The number of likely N-dealkylation sites (tertiary alicyclic amines) is 1. The molecule has 2 aromatic heterocycles. The molecular weight excluding hydrogens is 330 g/mol. The van der Waals surface area contributed by atoms with Gasteiger partial charge in [0.1, 0.15) is 12.4 Å². The average molecular weight is 351 g/mol. The van der Waals surface area contributed by atoms with Crippen molar-refractivity contribution >= 4 is 10.9 Å². The van der Waals surface area contributed by atoms with Crippen molar-refractivity contribution in [1.29, 1.82) is 0 Å². The highest BCUT2D eigenvalue weighted by Gasteiger charge is 2.11. The fourth-order valence-electron chi connectivity index (χ4n) is 3.29. The van der Waals surface area contributed by atoms with E-state index in [2.05, 4.69) is 9.88 Å². The quantitative estimate of drug-likeness (QED) is 0.765. The highest BCUT2D eigenvalue weighted by atomic mass is 16.5. The largest absolute Gasteiger partial charge is 0.508 e. The molecule has 0 saturated carbocycles. The van der Waals surface area contributed by atoms with Gasteiger partial charge in [-0.15, -0.1) is 0 Å². The van der Waals surface area contributed by atoms with Crippen LogP contribution in [0.15, 0.2) is 53.5 Å². The van der Waals surface area contributed by atoms with E-state index in [4.69, 9.17) is 4.74 Å². The third-order valence-electron chi connectivity index (χ3n) is 4.68. The second kappa shape index (κ2) is 7.17. The molecule has 0 unspecified atom stereocenters. The van der Waals surface area contributed by atoms with Gasteiger partial charge >= 0.3 is 0 Å². The molecule has 1 aliphatic heterocycles. The van der Waals surface area contributed by atoms with Gasteiger partial charge in [-0.1, -0.05) is 0 Å². The number of ether oxygens (including phenoxy) is 1. The summed E-state index contributed by atoms with van der Waals surface area (Å²) in [6.45, 7) is 3.89. The lowest BCUT2D eigenvalue weighted by Gasteiger charge is -2.14. The second-order valence-electron chi connectivity index (χ2n) is 6.52. The van der Waals surface area contributed by atoms with Gasteiger partial charge in [-0.3, -0.25) is 14.3 Å². The van der Waals surface area contributed by atoms with Gasteiger partial charge in [0.2, 0.25) is 5.88 Å². The van der Waals surface area contributed by atoms with Gasteiger partial charge in [0.05, 0.1) is 5.52 Å². The lowest BCUT2D eigenvalue weighted by Crippen LogP contribution is -2.25. The molecule has 1 saturated heterocycles. The van der Waals surface area contributed by atoms with Crippen LogP contribution in [-0.4, -0.2) is 45.8 Å². The monoisotopic (exact) mass is 351 g/mol. The molecule has 1 aromatic carbocycles. The van der Waals surface area contributed by atoms with Crippen LogP contribution in [0.4, 0.5) is 0 Å². The minimum atomic E-state index is -0.279. The topological polar surface area (TPSA) is 67.6 Å². The molecule has 6 heteroatoms. The molecule has 1 fully saturated rings. The first kappa shape index (κ1) is 16.6. The number of fused-ring (bicyclic) bond motifs is 1. The summed E-state index contributed by atoms with van der Waals surface area (Å²) in [7, 11) is 0. The van der Waals surface area contributed by atoms with Crippen LogP contribution in [0, 0.1) is 0 Å². The molecule has 6 nitrogen and oxygen atoms in total. The van der Waals surface area contributed by atoms with E-state index in [1.54, 1.807) is 6.20 Å². The van der Waals surface area contributed by atoms with E-state index in [1.807, 2.05) is 30.3 Å². The molecule has 0 bridgehead atoms. The van der Waals surface area contributed by atoms with Crippen LogP contribution in [0.1, 0.15) is 12.8 Å². The van der Waals surface area contributed by atoms with Crippen LogP contribution in [0.25, 0.3) is 16.6 Å². The van der Waals surface area contributed by atoms with Crippen molar-refractivity contribution in [2.24, 2.45) is 0 Å². The maximum absolute atomic E-state index is 12.0. The zero-order chi connectivity index (χ0) is 17.9. The molecule has 4 rings (SSSR count). The van der Waals surface area contributed by atoms with E-state index < -0.39 is 0 Å². The van der Waals surface area contributed by atoms with E-state index in [1.165, 1.54) is 29.5 Å². The van der Waals surface area contributed by atoms with Crippen LogP contribution in [0.3, 0.4) is 0 Å². The number of rotatable bonds is 5. The van der Waals surface area contributed by atoms with Gasteiger partial charge in [0.25, 0.3) is 5.56 Å². The first-order chi connectivity index (χ1) is 12.7. The Balaban J connectivity index is 1.51. The maximum Gasteiger partial charge on any atom is 0.258 e. The minimum absolute atomic E-state index is 0.0376. The van der Waals surface area contributed by atoms with Crippen molar-refractivity contribution in [3.05, 3.63) is 59.0 Å². The van der Waals surface area contributed by atoms with Gasteiger partial charge in [0, 0.05) is 35.9 Å². The summed E-state index contributed by atoms with van der Waals surface area (Å²) < 4.78 is 7.27. The molecule has 0 radical (unpaired) electrons. The second-order valence-corrected chi connectivity index (χ2v) is 6.52. The number of aromatic hydroxyl groups is 1. The van der Waals surface area contributed by atoms with Crippen LogP contribution >= 0.6 is 0 Å². The Morgan fingerprint density at radius 3 is 2.73 bits per heavy atom. The normalized spacial score (nSPS) is 14.8. The van der Waals surface area contributed by atoms with E-state index in [9.17, 15) is 9.90 Å². The van der Waals surface area contributed by atoms with E-state index in [0.29, 0.717) is 12.5 Å². The van der Waals surface area contributed by atoms with E-state index in [-0.39, 0.29) is 11.3 Å². The molecule has 3 aromatic rings. The zero-order valence-electron chi connectivity index (χ0n) is 14.5. The van der Waals surface area contributed by atoms with Crippen LogP contribution in [0.5, 0.6) is 11.6 Å². The maximum atomic E-state index is 12.0. The summed E-state index contributed by atoms with van der Waals surface area (Å²) in [5, 5.41) is 10.3. The van der Waals surface area contributed by atoms with Crippen LogP contribution in [0.2, 0.25) is 0 Å². The van der Waals surface area contributed by atoms with Crippen molar-refractivity contribution in [2.45, 2.75) is 12.8 Å². The Labute approximate surface area is 151 Å². The molecular formula is C20H21N3O3. The number of pyridine rings is 2. The predicted octanol–water partition coefficient (Wildman–Crippen LogP) is 2.57. The van der Waals surface area contributed by atoms with E-state index >= 15 is 0 Å². The highest BCUT2D eigenvalue weighted by molar-refractivity contribution is 5.81. The Kier molecular flexibility index (Phi) is 4.58. The van der Waals surface area contributed by atoms with Crippen LogP contribution in [-0.2, 0) is 0 Å². The smallest absolute Gasteiger partial charge is 0.258 e. The average Bonchev–Trinajstić information content (AvgIpc) is 3.15. The van der Waals surface area contributed by atoms with Gasteiger partial charge in [-0.2, -0.15) is 0 Å². The van der Waals surface area contributed by atoms with Gasteiger partial charge in [-0.25, -0.2) is 4.98 Å². The Bertz CT molecular complexity index is 977. The standard InChI is InChI=1S/C20H21N3O3/c24-17-7-10-23(20(25)14-17)16-4-5-18-15(13-16)3-6-19(21-18)26-12-11-22-8-1-2-9-22/h3-7,10,13-14,24H,1-2,8-9,11-12H2. The summed E-state index contributed by atoms with van der Waals surface area (Å²) in [4.78, 5) is 19.0. The van der Waals surface area contributed by atoms with Crippen molar-refractivity contribution in [1.82, 2.24) is 14.5 Å². The third kappa shape index (κ3) is 3.55. The minimum Gasteiger partial charge on any atom is -0.508 e. The summed E-state index contributed by atoms with van der Waals surface area (Å²) in [6.07, 6.45) is 4.11. The molecule has 134 valence electrons. The van der Waals surface area contributed by atoms with Gasteiger partial charge in [0.15, 0.2) is 0 Å². The van der Waals surface area contributed by atoms with Crippen molar-refractivity contribution < 1.29 is 9.84 Å². The molecule has 1 aliphatic rings. The fourth-order valence-corrected chi connectivity index (χ4v) is 3.29. The first-order valence-corrected chi connectivity index (χ1v) is 8.87. The Morgan fingerprint density at radius 2 is 1.92 bits per heavy atom. The van der Waals surface area contributed by atoms with Crippen molar-refractivity contribution in [3.63, 3.8) is 0 Å². The van der Waals surface area contributed by atoms with Crippen LogP contribution < -0.4 is 10.3 Å². The molecule has 1 N–H and O–H groups in total. The fraction of sp³-hybridized carbons (Fsp3) is 0.300. The zero-order valence-corrected chi connectivity index (χ0v) is 14.5. The number of hydrogen-bond acceptors (Lipinski definition) is 5. The summed E-state index contributed by atoms with van der Waals surface area (Å²) in [6, 6.07) is 12.1. The van der Waals surface area contributed by atoms with Gasteiger partial charge < -0.3 is 9.84 Å².